The zero-order valence-corrected chi connectivity index (χ0v) is 32.9. The van der Waals surface area contributed by atoms with Crippen LogP contribution in [-0.4, -0.2) is 139 Å². The molecule has 0 radical (unpaired) electrons. The van der Waals surface area contributed by atoms with Gasteiger partial charge in [0, 0.05) is 26.7 Å². The lowest BCUT2D eigenvalue weighted by Gasteiger charge is -2.43. The van der Waals surface area contributed by atoms with E-state index in [9.17, 15) is 167 Å². The SMILES string of the molecule is CC(=O)OC(CCC(F)(F)C(F)(F)C(F)(F)C(F)(F)C(F)(F)C(F)(F)C(F)(F)C(F)(F)F)CS(=O)(=O)CC(CCC(F)(F)C(F)(F)C(F)(F)C(F)(F)C(F)(F)C(F)(F)C(F)(F)C(F)(F)F)OC(C)=O. The predicted molar refractivity (Wildman–Crippen MR) is 150 cm³/mol. The molecular formula is C28H20F34O6S. The number of hydrogen-bond donors (Lipinski definition) is 0. The topological polar surface area (TPSA) is 86.7 Å². The first kappa shape index (κ1) is 65.5. The van der Waals surface area contributed by atoms with E-state index < -0.39 is 166 Å². The molecular weight excluding hydrogens is 1110 g/mol. The van der Waals surface area contributed by atoms with E-state index in [-0.39, 0.29) is 13.8 Å². The van der Waals surface area contributed by atoms with Crippen molar-refractivity contribution in [2.24, 2.45) is 0 Å². The molecule has 0 aromatic carbocycles. The Labute approximate surface area is 357 Å². The van der Waals surface area contributed by atoms with Crippen LogP contribution >= 0.6 is 0 Å². The second kappa shape index (κ2) is 18.5. The number of alkyl halides is 34. The van der Waals surface area contributed by atoms with E-state index in [0.29, 0.717) is 0 Å². The Kier molecular flexibility index (Phi) is 17.6. The summed E-state index contributed by atoms with van der Waals surface area (Å²) in [5.41, 5.74) is 0. The van der Waals surface area contributed by atoms with Crippen molar-refractivity contribution in [1.29, 1.82) is 0 Å². The molecule has 0 aliphatic heterocycles. The van der Waals surface area contributed by atoms with Gasteiger partial charge < -0.3 is 9.47 Å². The number of esters is 2. The van der Waals surface area contributed by atoms with Crippen molar-refractivity contribution >= 4 is 21.8 Å². The molecule has 0 N–H and O–H groups in total. The van der Waals surface area contributed by atoms with Crippen LogP contribution in [0.3, 0.4) is 0 Å². The summed E-state index contributed by atoms with van der Waals surface area (Å²) in [6.45, 7) is 0.115. The highest BCUT2D eigenvalue weighted by molar-refractivity contribution is 7.91. The molecule has 0 saturated carbocycles. The maximum absolute atomic E-state index is 14.4. The standard InChI is InChI=1S/C28H20F34O6S/c1-9(63)67-11(3-5-13(29,30)15(33,34)17(37,38)19(41,42)21(45,46)23(49,50)25(53,54)27(57,58)59)7-69(65,66)8-12(68-10(2)64)4-6-14(31,32)16(35,36)18(39,40)20(43,44)22(47,48)24(51,52)26(55,56)28(60,61)62/h11-12H,3-8H2,1-2H3. The molecule has 0 saturated heterocycles. The molecule has 6 nitrogen and oxygen atoms in total. The number of halogens is 34. The normalized spacial score (nSPS) is 16.9. The van der Waals surface area contributed by atoms with Crippen LogP contribution < -0.4 is 0 Å². The average molecular weight is 1130 g/mol. The first-order valence-corrected chi connectivity index (χ1v) is 18.3. The van der Waals surface area contributed by atoms with Crippen molar-refractivity contribution in [2.75, 3.05) is 11.5 Å². The molecule has 0 bridgehead atoms. The molecule has 2 atom stereocenters. The van der Waals surface area contributed by atoms with Gasteiger partial charge >= 0.3 is 107 Å². The van der Waals surface area contributed by atoms with Gasteiger partial charge in [0.1, 0.15) is 12.2 Å². The average Bonchev–Trinajstić information content (AvgIpc) is 3.10. The Morgan fingerprint density at radius 3 is 0.681 bits per heavy atom. The Balaban J connectivity index is 6.88. The van der Waals surface area contributed by atoms with Crippen LogP contribution in [0.1, 0.15) is 39.5 Å². The van der Waals surface area contributed by atoms with Gasteiger partial charge in [0.2, 0.25) is 0 Å². The first-order valence-electron chi connectivity index (χ1n) is 16.5. The van der Waals surface area contributed by atoms with E-state index in [1.54, 1.807) is 0 Å². The summed E-state index contributed by atoms with van der Waals surface area (Å²) in [4.78, 5) is 22.7. The summed E-state index contributed by atoms with van der Waals surface area (Å²) in [7, 11) is -5.95. The van der Waals surface area contributed by atoms with E-state index in [1.807, 2.05) is 0 Å². The van der Waals surface area contributed by atoms with Crippen molar-refractivity contribution in [3.8, 4) is 0 Å². The molecule has 0 fully saturated rings. The van der Waals surface area contributed by atoms with E-state index in [2.05, 4.69) is 9.47 Å². The van der Waals surface area contributed by atoms with E-state index in [0.717, 1.165) is 0 Å². The maximum atomic E-state index is 14.4. The Bertz CT molecular complexity index is 1800. The van der Waals surface area contributed by atoms with Crippen LogP contribution in [0.2, 0.25) is 0 Å². The second-order valence-corrected chi connectivity index (χ2v) is 16.1. The van der Waals surface area contributed by atoms with Gasteiger partial charge in [0.05, 0.1) is 11.5 Å². The Morgan fingerprint density at radius 1 is 0.333 bits per heavy atom. The number of rotatable bonds is 24. The molecule has 41 heteroatoms. The zero-order valence-electron chi connectivity index (χ0n) is 32.1. The lowest BCUT2D eigenvalue weighted by atomic mass is 9.87. The highest BCUT2D eigenvalue weighted by Gasteiger charge is 2.97. The zero-order chi connectivity index (χ0) is 56.5. The van der Waals surface area contributed by atoms with Crippen LogP contribution in [-0.2, 0) is 28.9 Å². The number of hydrogen-bond acceptors (Lipinski definition) is 6. The van der Waals surface area contributed by atoms with Gasteiger partial charge in [-0.05, 0) is 12.8 Å². The number of sulfone groups is 1. The van der Waals surface area contributed by atoms with Crippen LogP contribution in [0.25, 0.3) is 0 Å². The molecule has 412 valence electrons. The Morgan fingerprint density at radius 2 is 0.507 bits per heavy atom. The smallest absolute Gasteiger partial charge is 0.460 e. The fourth-order valence-corrected chi connectivity index (χ4v) is 6.59. The molecule has 0 aliphatic carbocycles. The summed E-state index contributed by atoms with van der Waals surface area (Å²) < 4.78 is 495. The minimum absolute atomic E-state index is 0.0577. The van der Waals surface area contributed by atoms with Gasteiger partial charge in [0.25, 0.3) is 0 Å². The van der Waals surface area contributed by atoms with Gasteiger partial charge in [-0.25, -0.2) is 8.42 Å². The number of carbonyl (C=O) groups is 2. The molecule has 0 amide bonds. The molecule has 0 spiro atoms. The Hall–Kier alpha value is -3.49. The highest BCUT2D eigenvalue weighted by Crippen LogP contribution is 2.66. The first-order chi connectivity index (χ1) is 29.5. The summed E-state index contributed by atoms with van der Waals surface area (Å²) in [6.07, 6.45) is -35.1. The molecule has 0 aromatic rings. The summed E-state index contributed by atoms with van der Waals surface area (Å²) >= 11 is 0. The second-order valence-electron chi connectivity index (χ2n) is 13.9. The third-order valence-corrected chi connectivity index (χ3v) is 10.4. The van der Waals surface area contributed by atoms with E-state index in [4.69, 9.17) is 0 Å². The van der Waals surface area contributed by atoms with Crippen LogP contribution in [0.15, 0.2) is 0 Å². The highest BCUT2D eigenvalue weighted by atomic mass is 32.2. The van der Waals surface area contributed by atoms with Crippen LogP contribution in [0.4, 0.5) is 149 Å². The molecule has 0 heterocycles. The monoisotopic (exact) mass is 1130 g/mol. The van der Waals surface area contributed by atoms with Gasteiger partial charge in [0.15, 0.2) is 9.84 Å². The van der Waals surface area contributed by atoms with Crippen LogP contribution in [0, 0.1) is 0 Å². The van der Waals surface area contributed by atoms with Crippen LogP contribution in [0.5, 0.6) is 0 Å². The van der Waals surface area contributed by atoms with Crippen molar-refractivity contribution in [1.82, 2.24) is 0 Å². The van der Waals surface area contributed by atoms with Crippen molar-refractivity contribution in [3.05, 3.63) is 0 Å². The van der Waals surface area contributed by atoms with Crippen molar-refractivity contribution in [3.63, 3.8) is 0 Å². The quantitative estimate of drug-likeness (QED) is 0.0707. The lowest BCUT2D eigenvalue weighted by molar-refractivity contribution is -0.461. The largest absolute Gasteiger partial charge is 0.461 e. The summed E-state index contributed by atoms with van der Waals surface area (Å²) in [5, 5.41) is 0. The van der Waals surface area contributed by atoms with E-state index in [1.165, 1.54) is 0 Å². The molecule has 0 aliphatic rings. The molecule has 69 heavy (non-hydrogen) atoms. The number of carbonyl (C=O) groups excluding carboxylic acids is 2. The number of ether oxygens (including phenoxy) is 2. The molecule has 0 rings (SSSR count). The fraction of sp³-hybridized carbons (Fsp3) is 0.929. The minimum atomic E-state index is -9.10. The predicted octanol–water partition coefficient (Wildman–Crippen LogP) is 11.8. The third kappa shape index (κ3) is 10.8. The van der Waals surface area contributed by atoms with Gasteiger partial charge in [-0.2, -0.15) is 149 Å². The van der Waals surface area contributed by atoms with Crippen molar-refractivity contribution in [2.45, 2.75) is 147 Å². The van der Waals surface area contributed by atoms with E-state index >= 15 is 0 Å². The summed E-state index contributed by atoms with van der Waals surface area (Å²) in [6, 6.07) is 0. The van der Waals surface area contributed by atoms with Gasteiger partial charge in [-0.3, -0.25) is 9.59 Å². The third-order valence-electron chi connectivity index (χ3n) is 8.68. The molecule has 0 aromatic heterocycles. The summed E-state index contributed by atoms with van der Waals surface area (Å²) in [5.74, 6) is -130. The minimum Gasteiger partial charge on any atom is -0.461 e. The maximum Gasteiger partial charge on any atom is 0.460 e. The van der Waals surface area contributed by atoms with Crippen molar-refractivity contribution < 1.29 is 177 Å². The molecule has 2 unspecified atom stereocenters. The fourth-order valence-electron chi connectivity index (χ4n) is 4.85. The van der Waals surface area contributed by atoms with Gasteiger partial charge in [-0.1, -0.05) is 0 Å². The van der Waals surface area contributed by atoms with Gasteiger partial charge in [-0.15, -0.1) is 0 Å². The lowest BCUT2D eigenvalue weighted by Crippen LogP contribution is -2.74.